The fraction of sp³-hybridized carbons (Fsp3) is 0.573. The van der Waals surface area contributed by atoms with E-state index in [0.29, 0.717) is 37.5 Å². The SMILES string of the molecule is CCCCC[n+]1ccc(/C=C/c2ccc3cc(N(C)CCCCCCCCCCCCNC(=O)CCCCCCCCCCCCC(=O)CCCCCCCCCCCNC(=O)CCc4c([N+](=O)[O-])cc([N+](=O)[O-])c(Nc5c([N+](=O)[O-])cc([N+](=O)[O-])cc5[N+](=O)[O-])c4[N+](=O)[O-])ccc3c2)cc1. The monoisotopic (exact) mass is 1400 g/mol. The van der Waals surface area contributed by atoms with Crippen LogP contribution in [0.1, 0.15) is 255 Å². The lowest BCUT2D eigenvalue weighted by Crippen LogP contribution is -2.32. The number of unbranched alkanes of at least 4 members (excludes halogenated alkanes) is 28. The molecule has 0 fully saturated rings. The molecular weight excluding hydrogens is 1290 g/mol. The van der Waals surface area contributed by atoms with E-state index in [4.69, 9.17) is 0 Å². The number of rotatable bonds is 56. The lowest BCUT2D eigenvalue weighted by Gasteiger charge is -2.20. The molecule has 0 atom stereocenters. The highest BCUT2D eigenvalue weighted by atomic mass is 16.7. The Hall–Kier alpha value is -9.36. The second-order valence-electron chi connectivity index (χ2n) is 26.5. The topological polar surface area (TPSA) is 353 Å². The lowest BCUT2D eigenvalue weighted by molar-refractivity contribution is -0.697. The minimum absolute atomic E-state index is 0.182. The maximum Gasteiger partial charge on any atom is 0.309 e. The van der Waals surface area contributed by atoms with E-state index in [1.807, 2.05) is 5.32 Å². The molecule has 5 rings (SSSR count). The first-order valence-electron chi connectivity index (χ1n) is 36.8. The Balaban J connectivity index is 0.769. The van der Waals surface area contributed by atoms with Crippen molar-refractivity contribution in [2.75, 3.05) is 36.9 Å². The number of aryl methyl sites for hydroxylation is 1. The molecular formula is C75H106N11O15+. The van der Waals surface area contributed by atoms with Gasteiger partial charge in [-0.2, -0.15) is 0 Å². The lowest BCUT2D eigenvalue weighted by atomic mass is 10.0. The van der Waals surface area contributed by atoms with Gasteiger partial charge in [0, 0.05) is 76.6 Å². The van der Waals surface area contributed by atoms with Crippen LogP contribution in [-0.2, 0) is 27.3 Å². The fourth-order valence-corrected chi connectivity index (χ4v) is 12.6. The third-order valence-electron chi connectivity index (χ3n) is 18.5. The number of fused-ring (bicyclic) bond motifs is 1. The number of non-ortho nitro benzene ring substituents is 1. The number of aromatic nitrogens is 1. The van der Waals surface area contributed by atoms with E-state index >= 15 is 0 Å². The zero-order valence-corrected chi connectivity index (χ0v) is 59.4. The number of nitro benzene ring substituents is 6. The first-order chi connectivity index (χ1) is 48.8. The van der Waals surface area contributed by atoms with Crippen LogP contribution in [0.2, 0.25) is 0 Å². The number of nitro groups is 6. The number of carbonyl (C=O) groups is 3. The molecule has 5 aromatic rings. The molecule has 0 aliphatic rings. The number of ketones is 1. The van der Waals surface area contributed by atoms with Crippen LogP contribution >= 0.6 is 0 Å². The van der Waals surface area contributed by atoms with Crippen LogP contribution in [0, 0.1) is 60.7 Å². The summed E-state index contributed by atoms with van der Waals surface area (Å²) in [6, 6.07) is 18.8. The first-order valence-corrected chi connectivity index (χ1v) is 36.8. The zero-order chi connectivity index (χ0) is 73.2. The molecule has 4 aromatic carbocycles. The van der Waals surface area contributed by atoms with Gasteiger partial charge in [-0.3, -0.25) is 75.1 Å². The highest BCUT2D eigenvalue weighted by Crippen LogP contribution is 2.48. The Morgan fingerprint density at radius 1 is 0.426 bits per heavy atom. The standard InChI is InChI=1S/C75H105N11O15/c1-3-4-33-51-80-52-46-59(47-53-80)38-39-60-40-41-62-55-63(43-42-61(62)54-60)79(2)50-34-27-21-15-8-7-13-19-25-31-48-76-71(88)37-30-24-18-12-6-5-10-16-22-28-35-65(87)36-29-23-17-11-9-14-20-26-32-49-77-72(89)45-44-66-67(82(92)93)58-70(85(98)99)74(75(66)86(100)101)78-73-68(83(94)95)56-64(81(90)91)57-69(73)84(96)97/h38-43,46-47,52-58,78H,3-37,44-45,48-51H2,1-2H3,(H-,76,77,88,89)/p+1. The highest BCUT2D eigenvalue weighted by molar-refractivity contribution is 5.91. The van der Waals surface area contributed by atoms with E-state index in [1.165, 1.54) is 130 Å². The maximum absolute atomic E-state index is 12.8. The molecule has 101 heavy (non-hydrogen) atoms. The number of hydrogen-bond donors (Lipinski definition) is 3. The quantitative estimate of drug-likeness (QED) is 0.0141. The summed E-state index contributed by atoms with van der Waals surface area (Å²) in [6.07, 6.45) is 44.9. The number of anilines is 3. The van der Waals surface area contributed by atoms with Crippen molar-refractivity contribution in [3.63, 3.8) is 0 Å². The van der Waals surface area contributed by atoms with Gasteiger partial charge < -0.3 is 20.9 Å². The van der Waals surface area contributed by atoms with Gasteiger partial charge in [-0.15, -0.1) is 0 Å². The zero-order valence-electron chi connectivity index (χ0n) is 59.4. The minimum atomic E-state index is -1.37. The van der Waals surface area contributed by atoms with Crippen LogP contribution in [0.5, 0.6) is 0 Å². The van der Waals surface area contributed by atoms with Gasteiger partial charge in [0.1, 0.15) is 17.9 Å². The molecule has 2 amide bonds. The van der Waals surface area contributed by atoms with E-state index in [0.717, 1.165) is 116 Å². The Labute approximate surface area is 592 Å². The van der Waals surface area contributed by atoms with Gasteiger partial charge in [-0.05, 0) is 91.5 Å². The normalized spacial score (nSPS) is 11.3. The smallest absolute Gasteiger partial charge is 0.309 e. The number of benzene rings is 4. The Bertz CT molecular complexity index is 3490. The number of carbonyl (C=O) groups excluding carboxylic acids is 3. The largest absolute Gasteiger partial charge is 0.375 e. The molecule has 0 spiro atoms. The van der Waals surface area contributed by atoms with Crippen molar-refractivity contribution in [2.24, 2.45) is 0 Å². The molecule has 0 radical (unpaired) electrons. The molecule has 26 heteroatoms. The number of nitrogens with zero attached hydrogens (tertiary/aromatic N) is 8. The van der Waals surface area contributed by atoms with E-state index in [1.54, 1.807) is 0 Å². The third-order valence-corrected chi connectivity index (χ3v) is 18.5. The molecule has 0 aliphatic heterocycles. The third kappa shape index (κ3) is 31.0. The van der Waals surface area contributed by atoms with Gasteiger partial charge in [-0.25, -0.2) is 4.57 Å². The van der Waals surface area contributed by atoms with Crippen molar-refractivity contribution in [1.29, 1.82) is 0 Å². The van der Waals surface area contributed by atoms with Crippen LogP contribution in [0.15, 0.2) is 79.1 Å². The molecule has 0 aliphatic carbocycles. The van der Waals surface area contributed by atoms with Crippen LogP contribution in [0.4, 0.5) is 51.2 Å². The molecule has 550 valence electrons. The summed E-state index contributed by atoms with van der Waals surface area (Å²) in [5.74, 6) is -0.147. The van der Waals surface area contributed by atoms with Crippen LogP contribution in [0.3, 0.4) is 0 Å². The molecule has 0 bridgehead atoms. The Morgan fingerprint density at radius 3 is 1.35 bits per heavy atom. The van der Waals surface area contributed by atoms with Gasteiger partial charge in [0.2, 0.25) is 11.8 Å². The fourth-order valence-electron chi connectivity index (χ4n) is 12.6. The van der Waals surface area contributed by atoms with E-state index in [9.17, 15) is 75.1 Å². The summed E-state index contributed by atoms with van der Waals surface area (Å²) in [6.45, 7) is 5.38. The average Bonchev–Trinajstić information content (AvgIpc) is 0.764. The second kappa shape index (κ2) is 46.9. The Morgan fingerprint density at radius 2 is 0.861 bits per heavy atom. The first kappa shape index (κ1) is 82.3. The number of amides is 2. The molecule has 0 saturated heterocycles. The number of nitrogens with one attached hydrogen (secondary N) is 3. The van der Waals surface area contributed by atoms with Crippen LogP contribution in [-0.4, -0.2) is 73.8 Å². The van der Waals surface area contributed by atoms with E-state index in [2.05, 4.69) is 107 Å². The molecule has 26 nitrogen and oxygen atoms in total. The van der Waals surface area contributed by atoms with Crippen molar-refractivity contribution >= 4 is 91.7 Å². The Kier molecular flexibility index (Phi) is 38.2. The summed E-state index contributed by atoms with van der Waals surface area (Å²) >= 11 is 0. The van der Waals surface area contributed by atoms with Crippen LogP contribution < -0.4 is 25.4 Å². The maximum atomic E-state index is 12.8. The predicted molar refractivity (Wildman–Crippen MR) is 395 cm³/mol. The highest BCUT2D eigenvalue weighted by Gasteiger charge is 2.40. The van der Waals surface area contributed by atoms with Crippen LogP contribution in [0.25, 0.3) is 22.9 Å². The van der Waals surface area contributed by atoms with Gasteiger partial charge >= 0.3 is 22.7 Å². The number of pyridine rings is 1. The molecule has 0 unspecified atom stereocenters. The summed E-state index contributed by atoms with van der Waals surface area (Å²) in [7, 11) is 2.21. The molecule has 3 N–H and O–H groups in total. The van der Waals surface area contributed by atoms with Crippen molar-refractivity contribution < 1.29 is 48.5 Å². The average molecular weight is 1400 g/mol. The summed E-state index contributed by atoms with van der Waals surface area (Å²) in [5, 5.41) is 81.9. The van der Waals surface area contributed by atoms with Gasteiger partial charge in [0.05, 0.1) is 47.7 Å². The van der Waals surface area contributed by atoms with E-state index in [-0.39, 0.29) is 24.6 Å². The van der Waals surface area contributed by atoms with Gasteiger partial charge in [0.25, 0.3) is 11.4 Å². The molecule has 1 aromatic heterocycles. The summed E-state index contributed by atoms with van der Waals surface area (Å²) < 4.78 is 2.27. The van der Waals surface area contributed by atoms with Gasteiger partial charge in [-0.1, -0.05) is 191 Å². The van der Waals surface area contributed by atoms with Crippen molar-refractivity contribution in [3.05, 3.63) is 156 Å². The number of Topliss-reactive ketones (excluding diaryl/α,β-unsaturated/α-hetero) is 1. The number of hydrogen-bond acceptors (Lipinski definition) is 17. The summed E-state index contributed by atoms with van der Waals surface area (Å²) in [5.41, 5.74) is -7.22. The predicted octanol–water partition coefficient (Wildman–Crippen LogP) is 19.0. The van der Waals surface area contributed by atoms with E-state index < -0.39 is 99.4 Å². The van der Waals surface area contributed by atoms with Gasteiger partial charge in [0.15, 0.2) is 23.8 Å². The summed E-state index contributed by atoms with van der Waals surface area (Å²) in [4.78, 5) is 104. The van der Waals surface area contributed by atoms with Crippen molar-refractivity contribution in [2.45, 2.75) is 251 Å². The molecule has 0 saturated carbocycles. The molecule has 1 heterocycles. The van der Waals surface area contributed by atoms with Crippen molar-refractivity contribution in [1.82, 2.24) is 10.6 Å². The van der Waals surface area contributed by atoms with Crippen molar-refractivity contribution in [3.8, 4) is 0 Å². The minimum Gasteiger partial charge on any atom is -0.375 e. The second-order valence-corrected chi connectivity index (χ2v) is 26.5.